The fourth-order valence-electron chi connectivity index (χ4n) is 1.47. The molecule has 1 rings (SSSR count). The van der Waals surface area contributed by atoms with Crippen molar-refractivity contribution in [2.45, 2.75) is 26.7 Å². The number of benzene rings is 1. The number of aliphatic carboxylic acids is 1. The number of rotatable bonds is 4. The summed E-state index contributed by atoms with van der Waals surface area (Å²) in [5.41, 5.74) is 3.33. The second-order valence-corrected chi connectivity index (χ2v) is 4.50. The zero-order chi connectivity index (χ0) is 12.1. The van der Waals surface area contributed by atoms with Crippen LogP contribution in [-0.2, 0) is 4.79 Å². The molecule has 0 unspecified atom stereocenters. The van der Waals surface area contributed by atoms with Crippen molar-refractivity contribution in [1.29, 1.82) is 0 Å². The van der Waals surface area contributed by atoms with E-state index in [4.69, 9.17) is 5.11 Å². The fraction of sp³-hybridized carbons (Fsp3) is 0.308. The smallest absolute Gasteiger partial charge is 0.307 e. The molecule has 0 amide bonds. The third kappa shape index (κ3) is 3.49. The molecule has 0 bridgehead atoms. The Balaban J connectivity index is 2.99. The second kappa shape index (κ2) is 5.85. The molecule has 1 aromatic rings. The topological polar surface area (TPSA) is 37.3 Å². The average Bonchev–Trinajstić information content (AvgIpc) is 2.23. The van der Waals surface area contributed by atoms with E-state index in [1.54, 1.807) is 6.08 Å². The minimum atomic E-state index is -0.794. The number of hydrogen-bond acceptors (Lipinski definition) is 1. The second-order valence-electron chi connectivity index (χ2n) is 3.64. The van der Waals surface area contributed by atoms with Crippen molar-refractivity contribution in [2.24, 2.45) is 0 Å². The monoisotopic (exact) mass is 282 g/mol. The van der Waals surface area contributed by atoms with Crippen molar-refractivity contribution in [2.75, 3.05) is 0 Å². The molecule has 86 valence electrons. The molecule has 16 heavy (non-hydrogen) atoms. The third-order valence-corrected chi connectivity index (χ3v) is 3.30. The summed E-state index contributed by atoms with van der Waals surface area (Å²) < 4.78 is 1.06. The Morgan fingerprint density at radius 3 is 2.69 bits per heavy atom. The molecule has 0 heterocycles. The Kier molecular flexibility index (Phi) is 4.74. The molecule has 0 saturated heterocycles. The van der Waals surface area contributed by atoms with Gasteiger partial charge in [0.25, 0.3) is 0 Å². The van der Waals surface area contributed by atoms with Crippen LogP contribution in [0.25, 0.3) is 5.57 Å². The molecule has 1 aromatic carbocycles. The lowest BCUT2D eigenvalue weighted by atomic mass is 10.0. The van der Waals surface area contributed by atoms with Gasteiger partial charge in [-0.25, -0.2) is 0 Å². The zero-order valence-corrected chi connectivity index (χ0v) is 11.0. The van der Waals surface area contributed by atoms with Crippen LogP contribution in [-0.4, -0.2) is 11.1 Å². The maximum atomic E-state index is 10.5. The predicted molar refractivity (Wildman–Crippen MR) is 69.4 cm³/mol. The number of carboxylic acids is 1. The maximum absolute atomic E-state index is 10.5. The molecule has 0 radical (unpaired) electrons. The van der Waals surface area contributed by atoms with Crippen LogP contribution in [0, 0.1) is 6.92 Å². The number of carboxylic acid groups (broad SMARTS) is 1. The molecule has 0 fully saturated rings. The summed E-state index contributed by atoms with van der Waals surface area (Å²) >= 11 is 3.48. The van der Waals surface area contributed by atoms with Crippen molar-refractivity contribution in [3.8, 4) is 0 Å². The van der Waals surface area contributed by atoms with Crippen LogP contribution >= 0.6 is 15.9 Å². The first-order chi connectivity index (χ1) is 7.54. The van der Waals surface area contributed by atoms with Crippen LogP contribution in [0.2, 0.25) is 0 Å². The van der Waals surface area contributed by atoms with Crippen molar-refractivity contribution >= 4 is 27.5 Å². The number of carbonyl (C=O) groups is 1. The minimum Gasteiger partial charge on any atom is -0.481 e. The van der Waals surface area contributed by atoms with E-state index >= 15 is 0 Å². The first kappa shape index (κ1) is 13.0. The highest BCUT2D eigenvalue weighted by Crippen LogP contribution is 2.24. The van der Waals surface area contributed by atoms with Gasteiger partial charge in [-0.3, -0.25) is 4.79 Å². The molecule has 0 aromatic heterocycles. The lowest BCUT2D eigenvalue weighted by Crippen LogP contribution is -1.92. The number of halogens is 1. The lowest BCUT2D eigenvalue weighted by Gasteiger charge is -2.07. The van der Waals surface area contributed by atoms with Gasteiger partial charge in [0.15, 0.2) is 0 Å². The van der Waals surface area contributed by atoms with E-state index < -0.39 is 5.97 Å². The quantitative estimate of drug-likeness (QED) is 0.906. The highest BCUT2D eigenvalue weighted by atomic mass is 79.9. The highest BCUT2D eigenvalue weighted by Gasteiger charge is 2.03. The van der Waals surface area contributed by atoms with Crippen LogP contribution in [0.3, 0.4) is 0 Å². The van der Waals surface area contributed by atoms with Gasteiger partial charge in [-0.15, -0.1) is 0 Å². The summed E-state index contributed by atoms with van der Waals surface area (Å²) in [5.74, 6) is -0.794. The molecule has 0 aliphatic carbocycles. The summed E-state index contributed by atoms with van der Waals surface area (Å²) in [6.45, 7) is 4.06. The molecule has 0 aliphatic heterocycles. The lowest BCUT2D eigenvalue weighted by molar-refractivity contribution is -0.135. The summed E-state index contributed by atoms with van der Waals surface area (Å²) in [5, 5.41) is 8.65. The third-order valence-electron chi connectivity index (χ3n) is 2.45. The van der Waals surface area contributed by atoms with E-state index in [1.165, 1.54) is 5.56 Å². The van der Waals surface area contributed by atoms with Crippen LogP contribution in [0.4, 0.5) is 0 Å². The van der Waals surface area contributed by atoms with Gasteiger partial charge >= 0.3 is 5.97 Å². The molecule has 0 atom stereocenters. The van der Waals surface area contributed by atoms with Gasteiger partial charge in [0, 0.05) is 4.47 Å². The van der Waals surface area contributed by atoms with Gasteiger partial charge in [-0.05, 0) is 36.1 Å². The summed E-state index contributed by atoms with van der Waals surface area (Å²) in [7, 11) is 0. The highest BCUT2D eigenvalue weighted by molar-refractivity contribution is 9.10. The number of allylic oxidation sites excluding steroid dienone is 1. The fourth-order valence-corrected chi connectivity index (χ4v) is 1.85. The van der Waals surface area contributed by atoms with Crippen LogP contribution in [0.1, 0.15) is 30.9 Å². The predicted octanol–water partition coefficient (Wildman–Crippen LogP) is 4.03. The van der Waals surface area contributed by atoms with Crippen molar-refractivity contribution in [3.05, 3.63) is 39.9 Å². The van der Waals surface area contributed by atoms with Crippen molar-refractivity contribution in [1.82, 2.24) is 0 Å². The van der Waals surface area contributed by atoms with Gasteiger partial charge < -0.3 is 5.11 Å². The van der Waals surface area contributed by atoms with Gasteiger partial charge in [-0.1, -0.05) is 41.1 Å². The van der Waals surface area contributed by atoms with Gasteiger partial charge in [-0.2, -0.15) is 0 Å². The minimum absolute atomic E-state index is 0.0780. The molecule has 0 saturated carbocycles. The van der Waals surface area contributed by atoms with Crippen LogP contribution in [0.5, 0.6) is 0 Å². The normalized spacial score (nSPS) is 11.6. The van der Waals surface area contributed by atoms with Gasteiger partial charge in [0.1, 0.15) is 0 Å². The van der Waals surface area contributed by atoms with Crippen LogP contribution in [0.15, 0.2) is 28.7 Å². The van der Waals surface area contributed by atoms with Crippen LogP contribution < -0.4 is 0 Å². The zero-order valence-electron chi connectivity index (χ0n) is 9.46. The Morgan fingerprint density at radius 2 is 2.19 bits per heavy atom. The Morgan fingerprint density at radius 1 is 1.50 bits per heavy atom. The van der Waals surface area contributed by atoms with Gasteiger partial charge in [0.05, 0.1) is 6.42 Å². The molecule has 3 heteroatoms. The first-order valence-electron chi connectivity index (χ1n) is 5.22. The average molecular weight is 283 g/mol. The molecule has 0 aliphatic rings. The number of aryl methyl sites for hydroxylation is 1. The standard InChI is InChI=1S/C13H15BrO2/c1-3-10(6-7-13(15)16)11-5-4-9(2)12(14)8-11/h4-6,8H,3,7H2,1-2H3,(H,15,16)/b10-6+. The van der Waals surface area contributed by atoms with E-state index in [9.17, 15) is 4.79 Å². The van der Waals surface area contributed by atoms with Crippen molar-refractivity contribution in [3.63, 3.8) is 0 Å². The Labute approximate surface area is 104 Å². The Hall–Kier alpha value is -1.09. The summed E-state index contributed by atoms with van der Waals surface area (Å²) in [6.07, 6.45) is 2.69. The van der Waals surface area contributed by atoms with E-state index in [2.05, 4.69) is 15.9 Å². The van der Waals surface area contributed by atoms with Gasteiger partial charge in [0.2, 0.25) is 0 Å². The van der Waals surface area contributed by atoms with Crippen molar-refractivity contribution < 1.29 is 9.90 Å². The number of hydrogen-bond donors (Lipinski definition) is 1. The SMILES string of the molecule is CC/C(=C\CC(=O)O)c1ccc(C)c(Br)c1. The first-order valence-corrected chi connectivity index (χ1v) is 6.01. The molecule has 1 N–H and O–H groups in total. The largest absolute Gasteiger partial charge is 0.481 e. The molecule has 2 nitrogen and oxygen atoms in total. The van der Waals surface area contributed by atoms with E-state index in [0.29, 0.717) is 0 Å². The van der Waals surface area contributed by atoms with E-state index in [1.807, 2.05) is 32.0 Å². The summed E-state index contributed by atoms with van der Waals surface area (Å²) in [6, 6.07) is 6.09. The summed E-state index contributed by atoms with van der Waals surface area (Å²) in [4.78, 5) is 10.5. The molecular weight excluding hydrogens is 268 g/mol. The maximum Gasteiger partial charge on any atom is 0.307 e. The van der Waals surface area contributed by atoms with E-state index in [0.717, 1.165) is 22.0 Å². The Bertz CT molecular complexity index is 422. The molecular formula is C13H15BrO2. The molecule has 0 spiro atoms. The van der Waals surface area contributed by atoms with E-state index in [-0.39, 0.29) is 6.42 Å².